The third kappa shape index (κ3) is 3.89. The van der Waals surface area contributed by atoms with Crippen LogP contribution in [0.1, 0.15) is 28.2 Å². The smallest absolute Gasteiger partial charge is 0.259 e. The summed E-state index contributed by atoms with van der Waals surface area (Å²) in [7, 11) is 0. The summed E-state index contributed by atoms with van der Waals surface area (Å²) in [6.45, 7) is 8.87. The lowest BCUT2D eigenvalue weighted by Gasteiger charge is -2.35. The quantitative estimate of drug-likeness (QED) is 0.833. The first-order chi connectivity index (χ1) is 11.2. The van der Waals surface area contributed by atoms with Crippen LogP contribution in [0, 0.1) is 13.8 Å². The first-order valence-corrected chi connectivity index (χ1v) is 9.44. The highest BCUT2D eigenvalue weighted by atomic mass is 32.2. The maximum Gasteiger partial charge on any atom is 0.259 e. The topological polar surface area (TPSA) is 58.8 Å². The number of ether oxygens (including phenoxy) is 1. The van der Waals surface area contributed by atoms with E-state index in [9.17, 15) is 4.79 Å². The molecule has 6 nitrogen and oxygen atoms in total. The van der Waals surface area contributed by atoms with Crippen LogP contribution >= 0.6 is 11.8 Å². The van der Waals surface area contributed by atoms with Crippen molar-refractivity contribution in [1.29, 1.82) is 0 Å². The number of carbonyl (C=O) groups excluding carboxylic acids is 1. The molecular formula is C16H25N3O3S. The van der Waals surface area contributed by atoms with E-state index in [2.05, 4.69) is 10.1 Å². The summed E-state index contributed by atoms with van der Waals surface area (Å²) >= 11 is 1.95. The molecule has 128 valence electrons. The Kier molecular flexibility index (Phi) is 5.61. The van der Waals surface area contributed by atoms with Crippen LogP contribution in [0.5, 0.6) is 0 Å². The van der Waals surface area contributed by atoms with Gasteiger partial charge in [0, 0.05) is 31.9 Å². The van der Waals surface area contributed by atoms with Crippen molar-refractivity contribution in [2.75, 3.05) is 50.9 Å². The summed E-state index contributed by atoms with van der Waals surface area (Å²) < 4.78 is 10.6. The number of morpholine rings is 1. The Bertz CT molecular complexity index is 523. The van der Waals surface area contributed by atoms with Crippen molar-refractivity contribution in [2.45, 2.75) is 26.3 Å². The number of hydrogen-bond donors (Lipinski definition) is 0. The standard InChI is InChI=1S/C16H25N3O3S/c1-12-15(13(2)22-17-12)16(20)19-4-3-9-23-11-14(19)10-18-5-7-21-8-6-18/h14H,3-11H2,1-2H3. The van der Waals surface area contributed by atoms with Gasteiger partial charge in [0.25, 0.3) is 5.91 Å². The molecule has 0 spiro atoms. The number of hydrogen-bond acceptors (Lipinski definition) is 6. The minimum absolute atomic E-state index is 0.0713. The van der Waals surface area contributed by atoms with Gasteiger partial charge in [0.1, 0.15) is 11.3 Å². The van der Waals surface area contributed by atoms with Crippen molar-refractivity contribution in [3.8, 4) is 0 Å². The second-order valence-electron chi connectivity index (χ2n) is 6.19. The molecule has 0 saturated carbocycles. The van der Waals surface area contributed by atoms with Crippen LogP contribution in [0.3, 0.4) is 0 Å². The van der Waals surface area contributed by atoms with Crippen molar-refractivity contribution in [3.05, 3.63) is 17.0 Å². The van der Waals surface area contributed by atoms with Crippen LogP contribution < -0.4 is 0 Å². The number of thioether (sulfide) groups is 1. The van der Waals surface area contributed by atoms with Crippen LogP contribution in [0.2, 0.25) is 0 Å². The van der Waals surface area contributed by atoms with Gasteiger partial charge in [-0.25, -0.2) is 0 Å². The van der Waals surface area contributed by atoms with Gasteiger partial charge in [0.2, 0.25) is 0 Å². The lowest BCUT2D eigenvalue weighted by Crippen LogP contribution is -2.50. The fourth-order valence-corrected chi connectivity index (χ4v) is 4.32. The molecule has 0 aromatic carbocycles. The summed E-state index contributed by atoms with van der Waals surface area (Å²) in [4.78, 5) is 17.5. The van der Waals surface area contributed by atoms with E-state index in [4.69, 9.17) is 9.26 Å². The molecule has 0 aliphatic carbocycles. The molecule has 23 heavy (non-hydrogen) atoms. The van der Waals surface area contributed by atoms with Gasteiger partial charge in [-0.05, 0) is 26.0 Å². The summed E-state index contributed by atoms with van der Waals surface area (Å²) in [6.07, 6.45) is 1.04. The zero-order valence-corrected chi connectivity index (χ0v) is 14.7. The predicted molar refractivity (Wildman–Crippen MR) is 90.0 cm³/mol. The number of aryl methyl sites for hydroxylation is 2. The van der Waals surface area contributed by atoms with Gasteiger partial charge < -0.3 is 14.2 Å². The zero-order valence-electron chi connectivity index (χ0n) is 13.9. The molecule has 2 fully saturated rings. The maximum atomic E-state index is 13.1. The molecule has 0 radical (unpaired) electrons. The van der Waals surface area contributed by atoms with Crippen molar-refractivity contribution in [3.63, 3.8) is 0 Å². The Labute approximate surface area is 141 Å². The molecule has 1 amide bonds. The van der Waals surface area contributed by atoms with E-state index in [0.29, 0.717) is 17.0 Å². The fourth-order valence-electron chi connectivity index (χ4n) is 3.26. The molecule has 3 heterocycles. The van der Waals surface area contributed by atoms with Gasteiger partial charge in [0.15, 0.2) is 0 Å². The molecule has 0 bridgehead atoms. The zero-order chi connectivity index (χ0) is 16.2. The number of amides is 1. The Balaban J connectivity index is 1.76. The van der Waals surface area contributed by atoms with Crippen LogP contribution in [-0.2, 0) is 4.74 Å². The molecule has 3 rings (SSSR count). The lowest BCUT2D eigenvalue weighted by molar-refractivity contribution is 0.0244. The second-order valence-corrected chi connectivity index (χ2v) is 7.34. The van der Waals surface area contributed by atoms with Gasteiger partial charge in [0.05, 0.1) is 24.9 Å². The average Bonchev–Trinajstić information content (AvgIpc) is 2.75. The summed E-state index contributed by atoms with van der Waals surface area (Å²) in [5.74, 6) is 2.80. The first kappa shape index (κ1) is 16.8. The van der Waals surface area contributed by atoms with Crippen LogP contribution in [0.4, 0.5) is 0 Å². The summed E-state index contributed by atoms with van der Waals surface area (Å²) in [5.41, 5.74) is 1.33. The Morgan fingerprint density at radius 3 is 2.78 bits per heavy atom. The fraction of sp³-hybridized carbons (Fsp3) is 0.750. The third-order valence-electron chi connectivity index (χ3n) is 4.52. The van der Waals surface area contributed by atoms with Crippen LogP contribution in [-0.4, -0.2) is 77.8 Å². The van der Waals surface area contributed by atoms with Gasteiger partial charge in [-0.2, -0.15) is 11.8 Å². The Morgan fingerprint density at radius 1 is 1.30 bits per heavy atom. The van der Waals surface area contributed by atoms with Crippen molar-refractivity contribution in [1.82, 2.24) is 15.0 Å². The van der Waals surface area contributed by atoms with E-state index in [-0.39, 0.29) is 11.9 Å². The van der Waals surface area contributed by atoms with E-state index in [0.717, 1.165) is 57.3 Å². The number of rotatable bonds is 3. The highest BCUT2D eigenvalue weighted by molar-refractivity contribution is 7.99. The largest absolute Gasteiger partial charge is 0.379 e. The molecular weight excluding hydrogens is 314 g/mol. The molecule has 1 unspecified atom stereocenters. The van der Waals surface area contributed by atoms with Gasteiger partial charge in [-0.15, -0.1) is 0 Å². The number of aromatic nitrogens is 1. The Morgan fingerprint density at radius 2 is 2.09 bits per heavy atom. The molecule has 2 saturated heterocycles. The van der Waals surface area contributed by atoms with Crippen LogP contribution in [0.25, 0.3) is 0 Å². The molecule has 1 aromatic heterocycles. The first-order valence-electron chi connectivity index (χ1n) is 8.28. The second kappa shape index (κ2) is 7.68. The SMILES string of the molecule is Cc1noc(C)c1C(=O)N1CCCSCC1CN1CCOCC1. The van der Waals surface area contributed by atoms with Gasteiger partial charge in [-0.1, -0.05) is 5.16 Å². The summed E-state index contributed by atoms with van der Waals surface area (Å²) in [5, 5.41) is 3.94. The Hall–Kier alpha value is -1.05. The molecule has 7 heteroatoms. The van der Waals surface area contributed by atoms with Crippen LogP contribution in [0.15, 0.2) is 4.52 Å². The number of carbonyl (C=O) groups is 1. The molecule has 1 aromatic rings. The minimum atomic E-state index is 0.0713. The van der Waals surface area contributed by atoms with E-state index in [1.807, 2.05) is 30.5 Å². The third-order valence-corrected chi connectivity index (χ3v) is 5.72. The normalized spacial score (nSPS) is 23.7. The van der Waals surface area contributed by atoms with Crippen molar-refractivity contribution in [2.24, 2.45) is 0 Å². The maximum absolute atomic E-state index is 13.1. The van der Waals surface area contributed by atoms with E-state index in [1.54, 1.807) is 0 Å². The van der Waals surface area contributed by atoms with E-state index >= 15 is 0 Å². The molecule has 2 aliphatic heterocycles. The van der Waals surface area contributed by atoms with E-state index in [1.165, 1.54) is 0 Å². The van der Waals surface area contributed by atoms with Gasteiger partial charge >= 0.3 is 0 Å². The van der Waals surface area contributed by atoms with Gasteiger partial charge in [-0.3, -0.25) is 9.69 Å². The van der Waals surface area contributed by atoms with Crippen molar-refractivity contribution >= 4 is 17.7 Å². The highest BCUT2D eigenvalue weighted by Crippen LogP contribution is 2.22. The summed E-state index contributed by atoms with van der Waals surface area (Å²) in [6, 6.07) is 0.238. The predicted octanol–water partition coefficient (Wildman–Crippen LogP) is 1.57. The lowest BCUT2D eigenvalue weighted by atomic mass is 10.1. The average molecular weight is 339 g/mol. The molecule has 2 aliphatic rings. The molecule has 1 atom stereocenters. The van der Waals surface area contributed by atoms with E-state index < -0.39 is 0 Å². The number of nitrogens with zero attached hydrogens (tertiary/aromatic N) is 3. The van der Waals surface area contributed by atoms with Crippen molar-refractivity contribution < 1.29 is 14.1 Å². The minimum Gasteiger partial charge on any atom is -0.379 e. The molecule has 0 N–H and O–H groups in total. The highest BCUT2D eigenvalue weighted by Gasteiger charge is 2.31. The monoisotopic (exact) mass is 339 g/mol.